The number of amidine groups is 1. The van der Waals surface area contributed by atoms with Gasteiger partial charge in [-0.05, 0) is 31.2 Å². The summed E-state index contributed by atoms with van der Waals surface area (Å²) in [6, 6.07) is 14.8. The van der Waals surface area contributed by atoms with Crippen molar-refractivity contribution in [2.75, 3.05) is 12.4 Å². The van der Waals surface area contributed by atoms with Crippen LogP contribution in [-0.2, 0) is 9.59 Å². The van der Waals surface area contributed by atoms with E-state index in [1.807, 2.05) is 43.3 Å². The van der Waals surface area contributed by atoms with Crippen molar-refractivity contribution in [2.45, 2.75) is 18.6 Å². The highest BCUT2D eigenvalue weighted by Gasteiger charge is 2.32. The Labute approximate surface area is 156 Å². The van der Waals surface area contributed by atoms with Gasteiger partial charge in [0.05, 0.1) is 18.5 Å². The minimum Gasteiger partial charge on any atom is -0.495 e. The zero-order chi connectivity index (χ0) is 18.5. The summed E-state index contributed by atoms with van der Waals surface area (Å²) in [5, 5.41) is 5.51. The summed E-state index contributed by atoms with van der Waals surface area (Å²) < 4.78 is 5.21. The summed E-state index contributed by atoms with van der Waals surface area (Å²) in [6.07, 6.45) is 0.0570. The van der Waals surface area contributed by atoms with Gasteiger partial charge in [0.25, 0.3) is 0 Å². The van der Waals surface area contributed by atoms with E-state index in [4.69, 9.17) is 4.74 Å². The topological polar surface area (TPSA) is 79.8 Å². The molecular weight excluding hydrogens is 350 g/mol. The first kappa shape index (κ1) is 18.0. The number of hydrogen-bond acceptors (Lipinski definition) is 5. The van der Waals surface area contributed by atoms with Crippen LogP contribution in [0, 0.1) is 6.92 Å². The molecule has 134 valence electrons. The van der Waals surface area contributed by atoms with E-state index in [-0.39, 0.29) is 18.2 Å². The van der Waals surface area contributed by atoms with Crippen molar-refractivity contribution in [1.29, 1.82) is 0 Å². The minimum absolute atomic E-state index is 0.0570. The van der Waals surface area contributed by atoms with Gasteiger partial charge in [-0.2, -0.15) is 0 Å². The first-order chi connectivity index (χ1) is 12.5. The predicted molar refractivity (Wildman–Crippen MR) is 104 cm³/mol. The smallest absolute Gasteiger partial charge is 0.240 e. The summed E-state index contributed by atoms with van der Waals surface area (Å²) >= 11 is 1.26. The van der Waals surface area contributed by atoms with Crippen molar-refractivity contribution < 1.29 is 14.3 Å². The van der Waals surface area contributed by atoms with Crippen molar-refractivity contribution in [3.8, 4) is 5.75 Å². The van der Waals surface area contributed by atoms with E-state index in [1.165, 1.54) is 11.8 Å². The molecule has 6 nitrogen and oxygen atoms in total. The molecule has 1 aliphatic heterocycles. The lowest BCUT2D eigenvalue weighted by molar-refractivity contribution is -0.122. The number of rotatable bonds is 5. The molecule has 0 bridgehead atoms. The fraction of sp³-hybridized carbons (Fsp3) is 0.211. The first-order valence-corrected chi connectivity index (χ1v) is 8.99. The predicted octanol–water partition coefficient (Wildman–Crippen LogP) is 3.25. The molecule has 26 heavy (non-hydrogen) atoms. The van der Waals surface area contributed by atoms with Gasteiger partial charge in [-0.3, -0.25) is 9.59 Å². The first-order valence-electron chi connectivity index (χ1n) is 8.11. The molecule has 0 radical (unpaired) electrons. The summed E-state index contributed by atoms with van der Waals surface area (Å²) in [6.45, 7) is 2.00. The fourth-order valence-corrected chi connectivity index (χ4v) is 3.43. The second-order valence-electron chi connectivity index (χ2n) is 5.80. The highest BCUT2D eigenvalue weighted by atomic mass is 32.2. The number of para-hydroxylation sites is 2. The number of carbonyl (C=O) groups is 2. The third-order valence-corrected chi connectivity index (χ3v) is 4.87. The molecule has 2 amide bonds. The van der Waals surface area contributed by atoms with Crippen LogP contribution in [0.3, 0.4) is 0 Å². The number of amides is 2. The molecule has 0 spiro atoms. The second-order valence-corrected chi connectivity index (χ2v) is 6.99. The number of benzene rings is 2. The number of ether oxygens (including phenoxy) is 1. The Kier molecular flexibility index (Phi) is 5.58. The maximum Gasteiger partial charge on any atom is 0.240 e. The number of hydrogen-bond donors (Lipinski definition) is 2. The normalized spacial score (nSPS) is 17.8. The monoisotopic (exact) mass is 369 g/mol. The van der Waals surface area contributed by atoms with Crippen molar-refractivity contribution in [2.24, 2.45) is 4.99 Å². The molecule has 2 aromatic carbocycles. The number of aliphatic imine (C=N–C) groups is 1. The largest absolute Gasteiger partial charge is 0.495 e. The standard InChI is InChI=1S/C19H19N3O3S/c1-12-7-9-13(10-8-12)20-19-22-18(24)16(26-19)11-17(23)21-14-5-3-4-6-15(14)25-2/h3-10,16H,11H2,1-2H3,(H,21,23)(H,20,22,24)/t16-/m0/s1. The Balaban J connectivity index is 1.62. The van der Waals surface area contributed by atoms with E-state index in [9.17, 15) is 9.59 Å². The van der Waals surface area contributed by atoms with Crippen LogP contribution in [0.4, 0.5) is 11.4 Å². The van der Waals surface area contributed by atoms with Gasteiger partial charge in [0.1, 0.15) is 11.0 Å². The van der Waals surface area contributed by atoms with Gasteiger partial charge in [-0.15, -0.1) is 0 Å². The number of thioether (sulfide) groups is 1. The second kappa shape index (κ2) is 8.05. The Bertz CT molecular complexity index is 849. The van der Waals surface area contributed by atoms with Crippen molar-refractivity contribution in [3.05, 3.63) is 54.1 Å². The lowest BCUT2D eigenvalue weighted by Crippen LogP contribution is -2.28. The molecule has 2 N–H and O–H groups in total. The average molecular weight is 369 g/mol. The van der Waals surface area contributed by atoms with Gasteiger partial charge in [-0.25, -0.2) is 4.99 Å². The van der Waals surface area contributed by atoms with Gasteiger partial charge in [-0.1, -0.05) is 41.6 Å². The van der Waals surface area contributed by atoms with Crippen molar-refractivity contribution in [1.82, 2.24) is 5.32 Å². The Morgan fingerprint density at radius 3 is 2.69 bits per heavy atom. The molecule has 1 heterocycles. The molecular formula is C19H19N3O3S. The highest BCUT2D eigenvalue weighted by molar-refractivity contribution is 8.15. The van der Waals surface area contributed by atoms with E-state index in [0.717, 1.165) is 11.3 Å². The molecule has 0 aliphatic carbocycles. The van der Waals surface area contributed by atoms with Crippen LogP contribution in [0.2, 0.25) is 0 Å². The maximum atomic E-state index is 12.3. The zero-order valence-corrected chi connectivity index (χ0v) is 15.3. The van der Waals surface area contributed by atoms with Crippen LogP contribution in [-0.4, -0.2) is 29.3 Å². The lowest BCUT2D eigenvalue weighted by Gasteiger charge is -2.10. The highest BCUT2D eigenvalue weighted by Crippen LogP contribution is 2.27. The van der Waals surface area contributed by atoms with Crippen molar-refractivity contribution in [3.63, 3.8) is 0 Å². The maximum absolute atomic E-state index is 12.3. The molecule has 0 saturated carbocycles. The molecule has 7 heteroatoms. The molecule has 1 atom stereocenters. The SMILES string of the molecule is COc1ccccc1NC(=O)C[C@@H]1SC(=Nc2ccc(C)cc2)NC1=O. The Hall–Kier alpha value is -2.80. The summed E-state index contributed by atoms with van der Waals surface area (Å²) in [5.74, 6) is 0.112. The quantitative estimate of drug-likeness (QED) is 0.848. The van der Waals surface area contributed by atoms with Crippen LogP contribution < -0.4 is 15.4 Å². The summed E-state index contributed by atoms with van der Waals surface area (Å²) in [5.41, 5.74) is 2.48. The number of methoxy groups -OCH3 is 1. The van der Waals surface area contributed by atoms with Crippen LogP contribution >= 0.6 is 11.8 Å². The fourth-order valence-electron chi connectivity index (χ4n) is 2.45. The third-order valence-electron chi connectivity index (χ3n) is 3.79. The molecule has 1 saturated heterocycles. The summed E-state index contributed by atoms with van der Waals surface area (Å²) in [4.78, 5) is 28.8. The van der Waals surface area contributed by atoms with Crippen LogP contribution in [0.5, 0.6) is 5.75 Å². The third kappa shape index (κ3) is 4.43. The lowest BCUT2D eigenvalue weighted by atomic mass is 10.2. The van der Waals surface area contributed by atoms with Crippen LogP contribution in [0.1, 0.15) is 12.0 Å². The molecule has 2 aromatic rings. The minimum atomic E-state index is -0.506. The van der Waals surface area contributed by atoms with Gasteiger partial charge in [0.2, 0.25) is 11.8 Å². The number of aryl methyl sites for hydroxylation is 1. The van der Waals surface area contributed by atoms with Crippen molar-refractivity contribution >= 4 is 40.1 Å². The Morgan fingerprint density at radius 1 is 1.23 bits per heavy atom. The van der Waals surface area contributed by atoms with Gasteiger partial charge >= 0.3 is 0 Å². The van der Waals surface area contributed by atoms with Crippen LogP contribution in [0.25, 0.3) is 0 Å². The van der Waals surface area contributed by atoms with E-state index < -0.39 is 5.25 Å². The van der Waals surface area contributed by atoms with Gasteiger partial charge in [0, 0.05) is 6.42 Å². The van der Waals surface area contributed by atoms with Crippen LogP contribution in [0.15, 0.2) is 53.5 Å². The van der Waals surface area contributed by atoms with Gasteiger partial charge < -0.3 is 15.4 Å². The molecule has 0 aromatic heterocycles. The van der Waals surface area contributed by atoms with E-state index in [1.54, 1.807) is 19.2 Å². The van der Waals surface area contributed by atoms with E-state index in [0.29, 0.717) is 16.6 Å². The number of carbonyl (C=O) groups excluding carboxylic acids is 2. The average Bonchev–Trinajstić information content (AvgIpc) is 2.96. The van der Waals surface area contributed by atoms with E-state index in [2.05, 4.69) is 15.6 Å². The number of anilines is 1. The zero-order valence-electron chi connectivity index (χ0n) is 14.5. The van der Waals surface area contributed by atoms with E-state index >= 15 is 0 Å². The Morgan fingerprint density at radius 2 is 1.96 bits per heavy atom. The van der Waals surface area contributed by atoms with Gasteiger partial charge in [0.15, 0.2) is 5.17 Å². The number of nitrogens with zero attached hydrogens (tertiary/aromatic N) is 1. The molecule has 1 aliphatic rings. The summed E-state index contributed by atoms with van der Waals surface area (Å²) in [7, 11) is 1.54. The number of nitrogens with one attached hydrogen (secondary N) is 2. The molecule has 0 unspecified atom stereocenters. The molecule has 1 fully saturated rings. The molecule has 3 rings (SSSR count).